The second kappa shape index (κ2) is 9.15. The predicted molar refractivity (Wildman–Crippen MR) is 83.5 cm³/mol. The van der Waals surface area contributed by atoms with Crippen LogP contribution in [-0.2, 0) is 9.47 Å². The van der Waals surface area contributed by atoms with Gasteiger partial charge in [0.1, 0.15) is 0 Å². The highest BCUT2D eigenvalue weighted by Gasteiger charge is 2.16. The molecule has 0 aromatic heterocycles. The van der Waals surface area contributed by atoms with Gasteiger partial charge in [-0.1, -0.05) is 37.3 Å². The summed E-state index contributed by atoms with van der Waals surface area (Å²) in [5, 5.41) is 13.2. The molecule has 0 aliphatic carbocycles. The third-order valence-electron chi connectivity index (χ3n) is 3.84. The van der Waals surface area contributed by atoms with E-state index in [2.05, 4.69) is 36.5 Å². The fourth-order valence-corrected chi connectivity index (χ4v) is 2.54. The summed E-state index contributed by atoms with van der Waals surface area (Å²) in [6.07, 6.45) is 1.95. The van der Waals surface area contributed by atoms with Crippen LogP contribution < -0.4 is 5.32 Å². The van der Waals surface area contributed by atoms with Gasteiger partial charge in [0.2, 0.25) is 0 Å². The van der Waals surface area contributed by atoms with E-state index >= 15 is 0 Å². The molecule has 1 fully saturated rings. The molecule has 0 amide bonds. The van der Waals surface area contributed by atoms with Crippen molar-refractivity contribution >= 4 is 0 Å². The van der Waals surface area contributed by atoms with E-state index < -0.39 is 6.10 Å². The molecule has 118 valence electrons. The van der Waals surface area contributed by atoms with E-state index in [1.165, 1.54) is 5.56 Å². The lowest BCUT2D eigenvalue weighted by Crippen LogP contribution is -2.33. The van der Waals surface area contributed by atoms with E-state index in [-0.39, 0.29) is 6.10 Å². The highest BCUT2D eigenvalue weighted by atomic mass is 16.5. The topological polar surface area (TPSA) is 50.7 Å². The van der Waals surface area contributed by atoms with Crippen LogP contribution in [-0.4, -0.2) is 50.2 Å². The molecule has 1 aromatic carbocycles. The zero-order chi connectivity index (χ0) is 14.9. The molecule has 2 rings (SSSR count). The fourth-order valence-electron chi connectivity index (χ4n) is 2.54. The van der Waals surface area contributed by atoms with E-state index in [9.17, 15) is 5.11 Å². The molecule has 3 atom stereocenters. The molecule has 3 unspecified atom stereocenters. The molecule has 2 N–H and O–H groups in total. The first kappa shape index (κ1) is 16.4. The molecule has 1 aliphatic rings. The predicted octanol–water partition coefficient (Wildman–Crippen LogP) is 1.94. The molecule has 21 heavy (non-hydrogen) atoms. The van der Waals surface area contributed by atoms with Crippen molar-refractivity contribution in [1.82, 2.24) is 5.32 Å². The van der Waals surface area contributed by atoms with E-state index in [1.807, 2.05) is 6.07 Å². The van der Waals surface area contributed by atoms with Gasteiger partial charge in [-0.05, 0) is 24.3 Å². The van der Waals surface area contributed by atoms with Crippen LogP contribution in [0.1, 0.15) is 31.2 Å². The molecular weight excluding hydrogens is 266 g/mol. The maximum atomic E-state index is 9.88. The fraction of sp³-hybridized carbons (Fsp3) is 0.647. The molecule has 0 bridgehead atoms. The van der Waals surface area contributed by atoms with Crippen molar-refractivity contribution in [3.05, 3.63) is 35.9 Å². The van der Waals surface area contributed by atoms with Gasteiger partial charge in [-0.2, -0.15) is 0 Å². The number of aliphatic hydroxyl groups excluding tert-OH is 1. The van der Waals surface area contributed by atoms with Crippen LogP contribution in [0.4, 0.5) is 0 Å². The summed E-state index contributed by atoms with van der Waals surface area (Å²) in [7, 11) is 0. The maximum Gasteiger partial charge on any atom is 0.0897 e. The third-order valence-corrected chi connectivity index (χ3v) is 3.84. The standard InChI is InChI=1S/C17H27NO3/c1-14(15-6-3-2-4-7-15)10-18-11-16(19)12-20-13-17-8-5-9-21-17/h2-4,6-7,14,16-19H,5,8-13H2,1H3. The zero-order valence-corrected chi connectivity index (χ0v) is 12.8. The largest absolute Gasteiger partial charge is 0.389 e. The van der Waals surface area contributed by atoms with Crippen LogP contribution in [0.3, 0.4) is 0 Å². The Morgan fingerprint density at radius 3 is 2.86 bits per heavy atom. The Hall–Kier alpha value is -0.940. The van der Waals surface area contributed by atoms with Gasteiger partial charge in [-0.15, -0.1) is 0 Å². The molecular formula is C17H27NO3. The first-order chi connectivity index (χ1) is 10.3. The highest BCUT2D eigenvalue weighted by molar-refractivity contribution is 5.18. The summed E-state index contributed by atoms with van der Waals surface area (Å²) >= 11 is 0. The molecule has 0 radical (unpaired) electrons. The average molecular weight is 293 g/mol. The number of benzene rings is 1. The zero-order valence-electron chi connectivity index (χ0n) is 12.8. The minimum absolute atomic E-state index is 0.225. The van der Waals surface area contributed by atoms with Crippen LogP contribution >= 0.6 is 0 Å². The Kier molecular flexibility index (Phi) is 7.16. The van der Waals surface area contributed by atoms with Gasteiger partial charge in [0.25, 0.3) is 0 Å². The van der Waals surface area contributed by atoms with Crippen molar-refractivity contribution in [1.29, 1.82) is 0 Å². The van der Waals surface area contributed by atoms with Crippen LogP contribution in [0.2, 0.25) is 0 Å². The maximum absolute atomic E-state index is 9.88. The van der Waals surface area contributed by atoms with E-state index in [0.29, 0.717) is 25.7 Å². The Morgan fingerprint density at radius 2 is 2.14 bits per heavy atom. The second-order valence-corrected chi connectivity index (χ2v) is 5.80. The van der Waals surface area contributed by atoms with Crippen LogP contribution in [0.15, 0.2) is 30.3 Å². The Balaban J connectivity index is 1.53. The van der Waals surface area contributed by atoms with E-state index in [1.54, 1.807) is 0 Å². The average Bonchev–Trinajstić information content (AvgIpc) is 3.01. The minimum Gasteiger partial charge on any atom is -0.389 e. The lowest BCUT2D eigenvalue weighted by Gasteiger charge is -2.17. The lowest BCUT2D eigenvalue weighted by molar-refractivity contribution is -0.0164. The number of ether oxygens (including phenoxy) is 2. The van der Waals surface area contributed by atoms with Gasteiger partial charge in [-0.25, -0.2) is 0 Å². The quantitative estimate of drug-likeness (QED) is 0.730. The molecule has 1 heterocycles. The van der Waals surface area contributed by atoms with Crippen LogP contribution in [0, 0.1) is 0 Å². The number of aliphatic hydroxyl groups is 1. The molecule has 4 nitrogen and oxygen atoms in total. The van der Waals surface area contributed by atoms with Gasteiger partial charge < -0.3 is 19.9 Å². The number of nitrogens with one attached hydrogen (secondary N) is 1. The summed E-state index contributed by atoms with van der Waals surface area (Å²) in [6.45, 7) is 5.40. The lowest BCUT2D eigenvalue weighted by atomic mass is 10.0. The molecule has 0 saturated carbocycles. The van der Waals surface area contributed by atoms with E-state index in [4.69, 9.17) is 9.47 Å². The van der Waals surface area contributed by atoms with Crippen molar-refractivity contribution in [2.24, 2.45) is 0 Å². The Morgan fingerprint density at radius 1 is 1.33 bits per heavy atom. The second-order valence-electron chi connectivity index (χ2n) is 5.80. The first-order valence-corrected chi connectivity index (χ1v) is 7.88. The molecule has 4 heteroatoms. The summed E-state index contributed by atoms with van der Waals surface area (Å²) in [6, 6.07) is 10.4. The third kappa shape index (κ3) is 6.14. The van der Waals surface area contributed by atoms with Crippen molar-refractivity contribution in [3.63, 3.8) is 0 Å². The summed E-state index contributed by atoms with van der Waals surface area (Å²) in [4.78, 5) is 0. The van der Waals surface area contributed by atoms with Crippen molar-refractivity contribution in [3.8, 4) is 0 Å². The van der Waals surface area contributed by atoms with Gasteiger partial charge >= 0.3 is 0 Å². The minimum atomic E-state index is -0.464. The van der Waals surface area contributed by atoms with Gasteiger partial charge in [0.15, 0.2) is 0 Å². The number of hydrogen-bond acceptors (Lipinski definition) is 4. The molecule has 1 saturated heterocycles. The molecule has 0 spiro atoms. The van der Waals surface area contributed by atoms with Gasteiger partial charge in [-0.3, -0.25) is 0 Å². The summed E-state index contributed by atoms with van der Waals surface area (Å²) in [5.41, 5.74) is 1.31. The highest BCUT2D eigenvalue weighted by Crippen LogP contribution is 2.13. The SMILES string of the molecule is CC(CNCC(O)COCC1CCCO1)c1ccccc1. The van der Waals surface area contributed by atoms with Gasteiger partial charge in [0.05, 0.1) is 25.4 Å². The molecule has 1 aromatic rings. The Bertz CT molecular complexity index is 379. The first-order valence-electron chi connectivity index (χ1n) is 7.88. The van der Waals surface area contributed by atoms with Crippen molar-refractivity contribution < 1.29 is 14.6 Å². The van der Waals surface area contributed by atoms with Crippen LogP contribution in [0.5, 0.6) is 0 Å². The normalized spacial score (nSPS) is 21.3. The number of rotatable bonds is 9. The monoisotopic (exact) mass is 293 g/mol. The van der Waals surface area contributed by atoms with Crippen molar-refractivity contribution in [2.75, 3.05) is 32.9 Å². The smallest absolute Gasteiger partial charge is 0.0897 e. The van der Waals surface area contributed by atoms with Crippen LogP contribution in [0.25, 0.3) is 0 Å². The summed E-state index contributed by atoms with van der Waals surface area (Å²) in [5.74, 6) is 0.436. The Labute approximate surface area is 127 Å². The molecule has 1 aliphatic heterocycles. The van der Waals surface area contributed by atoms with E-state index in [0.717, 1.165) is 26.0 Å². The van der Waals surface area contributed by atoms with Crippen molar-refractivity contribution in [2.45, 2.75) is 37.9 Å². The number of hydrogen-bond donors (Lipinski definition) is 2. The van der Waals surface area contributed by atoms with Gasteiger partial charge in [0, 0.05) is 19.7 Å². The summed E-state index contributed by atoms with van der Waals surface area (Å²) < 4.78 is 11.0.